The van der Waals surface area contributed by atoms with E-state index in [9.17, 15) is 0 Å². The maximum Gasteiger partial charge on any atom is 0.146 e. The summed E-state index contributed by atoms with van der Waals surface area (Å²) in [6.07, 6.45) is 0.888. The standard InChI is InChI=1S/C20H17ClO/c1-15-7-5-12-19(20(15)21)22-18-11-6-10-17(14-18)13-16-8-3-2-4-9-16/h2-12,14H,13H2,1H3. The van der Waals surface area contributed by atoms with Gasteiger partial charge in [0, 0.05) is 0 Å². The number of ether oxygens (including phenoxy) is 1. The molecule has 0 aliphatic rings. The molecule has 3 rings (SSSR count). The van der Waals surface area contributed by atoms with Crippen LogP contribution in [-0.2, 0) is 6.42 Å². The van der Waals surface area contributed by atoms with Gasteiger partial charge < -0.3 is 4.74 Å². The molecule has 0 aromatic heterocycles. The molecular weight excluding hydrogens is 292 g/mol. The maximum absolute atomic E-state index is 6.29. The number of hydrogen-bond acceptors (Lipinski definition) is 1. The third-order valence-electron chi connectivity index (χ3n) is 3.53. The van der Waals surface area contributed by atoms with Crippen molar-refractivity contribution in [3.8, 4) is 11.5 Å². The zero-order valence-electron chi connectivity index (χ0n) is 12.4. The lowest BCUT2D eigenvalue weighted by molar-refractivity contribution is 0.482. The van der Waals surface area contributed by atoms with Crippen LogP contribution < -0.4 is 4.74 Å². The topological polar surface area (TPSA) is 9.23 Å². The van der Waals surface area contributed by atoms with Crippen molar-refractivity contribution in [2.45, 2.75) is 13.3 Å². The van der Waals surface area contributed by atoms with Gasteiger partial charge in [-0.1, -0.05) is 66.2 Å². The van der Waals surface area contributed by atoms with E-state index in [0.29, 0.717) is 10.8 Å². The summed E-state index contributed by atoms with van der Waals surface area (Å²) in [6.45, 7) is 1.97. The molecule has 0 heterocycles. The van der Waals surface area contributed by atoms with Gasteiger partial charge in [-0.2, -0.15) is 0 Å². The van der Waals surface area contributed by atoms with Gasteiger partial charge in [-0.25, -0.2) is 0 Å². The molecule has 22 heavy (non-hydrogen) atoms. The summed E-state index contributed by atoms with van der Waals surface area (Å²) in [4.78, 5) is 0. The first-order chi connectivity index (χ1) is 10.7. The van der Waals surface area contributed by atoms with E-state index in [1.54, 1.807) is 0 Å². The Morgan fingerprint density at radius 2 is 1.55 bits per heavy atom. The Balaban J connectivity index is 1.81. The molecule has 0 amide bonds. The molecule has 0 saturated carbocycles. The number of rotatable bonds is 4. The summed E-state index contributed by atoms with van der Waals surface area (Å²) < 4.78 is 5.94. The first kappa shape index (κ1) is 14.7. The van der Waals surface area contributed by atoms with E-state index in [1.807, 2.05) is 43.3 Å². The Morgan fingerprint density at radius 3 is 2.36 bits per heavy atom. The van der Waals surface area contributed by atoms with Crippen LogP contribution in [0.5, 0.6) is 11.5 Å². The fourth-order valence-corrected chi connectivity index (χ4v) is 2.54. The minimum absolute atomic E-state index is 0.663. The highest BCUT2D eigenvalue weighted by atomic mass is 35.5. The zero-order chi connectivity index (χ0) is 15.4. The predicted molar refractivity (Wildman–Crippen MR) is 92.0 cm³/mol. The third kappa shape index (κ3) is 3.49. The summed E-state index contributed by atoms with van der Waals surface area (Å²) in [6, 6.07) is 24.3. The van der Waals surface area contributed by atoms with Crippen LogP contribution in [0.1, 0.15) is 16.7 Å². The second kappa shape index (κ2) is 6.67. The molecule has 0 spiro atoms. The van der Waals surface area contributed by atoms with Crippen LogP contribution in [0.15, 0.2) is 72.8 Å². The third-order valence-corrected chi connectivity index (χ3v) is 4.02. The van der Waals surface area contributed by atoms with Crippen LogP contribution in [-0.4, -0.2) is 0 Å². The quantitative estimate of drug-likeness (QED) is 0.571. The van der Waals surface area contributed by atoms with Gasteiger partial charge in [0.25, 0.3) is 0 Å². The van der Waals surface area contributed by atoms with Crippen molar-refractivity contribution in [2.75, 3.05) is 0 Å². The highest BCUT2D eigenvalue weighted by molar-refractivity contribution is 6.32. The van der Waals surface area contributed by atoms with E-state index in [1.165, 1.54) is 11.1 Å². The van der Waals surface area contributed by atoms with E-state index in [2.05, 4.69) is 36.4 Å². The molecule has 0 fully saturated rings. The van der Waals surface area contributed by atoms with Crippen molar-refractivity contribution >= 4 is 11.6 Å². The van der Waals surface area contributed by atoms with Crippen molar-refractivity contribution in [3.05, 3.63) is 94.5 Å². The molecule has 2 heteroatoms. The first-order valence-corrected chi connectivity index (χ1v) is 7.66. The van der Waals surface area contributed by atoms with Gasteiger partial charge in [-0.15, -0.1) is 0 Å². The summed E-state index contributed by atoms with van der Waals surface area (Å²) in [5, 5.41) is 0.663. The number of hydrogen-bond donors (Lipinski definition) is 0. The van der Waals surface area contributed by atoms with E-state index >= 15 is 0 Å². The average Bonchev–Trinajstić information content (AvgIpc) is 2.53. The van der Waals surface area contributed by atoms with Crippen molar-refractivity contribution in [3.63, 3.8) is 0 Å². The van der Waals surface area contributed by atoms with Gasteiger partial charge in [-0.3, -0.25) is 0 Å². The lowest BCUT2D eigenvalue weighted by Gasteiger charge is -2.10. The largest absolute Gasteiger partial charge is 0.456 e. The highest BCUT2D eigenvalue weighted by Crippen LogP contribution is 2.32. The lowest BCUT2D eigenvalue weighted by Crippen LogP contribution is -1.91. The van der Waals surface area contributed by atoms with Crippen LogP contribution in [0.3, 0.4) is 0 Å². The first-order valence-electron chi connectivity index (χ1n) is 7.28. The molecule has 0 N–H and O–H groups in total. The summed E-state index contributed by atoms with van der Waals surface area (Å²) in [5.74, 6) is 1.50. The Morgan fingerprint density at radius 1 is 0.818 bits per heavy atom. The second-order valence-electron chi connectivity index (χ2n) is 5.30. The minimum atomic E-state index is 0.663. The number of aryl methyl sites for hydroxylation is 1. The van der Waals surface area contributed by atoms with Crippen molar-refractivity contribution in [1.29, 1.82) is 0 Å². The maximum atomic E-state index is 6.29. The average molecular weight is 309 g/mol. The smallest absolute Gasteiger partial charge is 0.146 e. The van der Waals surface area contributed by atoms with Crippen LogP contribution >= 0.6 is 11.6 Å². The van der Waals surface area contributed by atoms with E-state index in [-0.39, 0.29) is 0 Å². The Hall–Kier alpha value is -2.25. The van der Waals surface area contributed by atoms with Gasteiger partial charge in [-0.05, 0) is 48.2 Å². The minimum Gasteiger partial charge on any atom is -0.456 e. The molecule has 3 aromatic carbocycles. The lowest BCUT2D eigenvalue weighted by atomic mass is 10.1. The van der Waals surface area contributed by atoms with Crippen LogP contribution in [0, 0.1) is 6.92 Å². The summed E-state index contributed by atoms with van der Waals surface area (Å²) in [7, 11) is 0. The SMILES string of the molecule is Cc1cccc(Oc2cccc(Cc3ccccc3)c2)c1Cl. The predicted octanol–water partition coefficient (Wildman–Crippen LogP) is 6.03. The van der Waals surface area contributed by atoms with Crippen molar-refractivity contribution in [2.24, 2.45) is 0 Å². The molecule has 0 radical (unpaired) electrons. The molecule has 0 unspecified atom stereocenters. The fourth-order valence-electron chi connectivity index (χ4n) is 2.38. The Bertz CT molecular complexity index is 766. The van der Waals surface area contributed by atoms with E-state index < -0.39 is 0 Å². The van der Waals surface area contributed by atoms with Crippen LogP contribution in [0.2, 0.25) is 5.02 Å². The van der Waals surface area contributed by atoms with E-state index in [4.69, 9.17) is 16.3 Å². The summed E-state index contributed by atoms with van der Waals surface area (Å²) in [5.41, 5.74) is 3.51. The molecule has 110 valence electrons. The Kier molecular flexibility index (Phi) is 4.45. The van der Waals surface area contributed by atoms with Gasteiger partial charge >= 0.3 is 0 Å². The molecule has 3 aromatic rings. The normalized spacial score (nSPS) is 10.5. The molecule has 0 bridgehead atoms. The second-order valence-corrected chi connectivity index (χ2v) is 5.68. The molecule has 0 atom stereocenters. The number of halogens is 1. The molecule has 0 aliphatic heterocycles. The van der Waals surface area contributed by atoms with Gasteiger partial charge in [0.1, 0.15) is 11.5 Å². The van der Waals surface area contributed by atoms with Crippen LogP contribution in [0.4, 0.5) is 0 Å². The molecule has 0 saturated heterocycles. The molecule has 1 nitrogen and oxygen atoms in total. The van der Waals surface area contributed by atoms with Crippen molar-refractivity contribution < 1.29 is 4.74 Å². The molecule has 0 aliphatic carbocycles. The van der Waals surface area contributed by atoms with Crippen molar-refractivity contribution in [1.82, 2.24) is 0 Å². The van der Waals surface area contributed by atoms with Gasteiger partial charge in [0.15, 0.2) is 0 Å². The highest BCUT2D eigenvalue weighted by Gasteiger charge is 2.06. The zero-order valence-corrected chi connectivity index (χ0v) is 13.2. The summed E-state index contributed by atoms with van der Waals surface area (Å²) >= 11 is 6.29. The van der Waals surface area contributed by atoms with Gasteiger partial charge in [0.2, 0.25) is 0 Å². The fraction of sp³-hybridized carbons (Fsp3) is 0.100. The van der Waals surface area contributed by atoms with Gasteiger partial charge in [0.05, 0.1) is 5.02 Å². The molecular formula is C20H17ClO. The monoisotopic (exact) mass is 308 g/mol. The van der Waals surface area contributed by atoms with Crippen LogP contribution in [0.25, 0.3) is 0 Å². The van der Waals surface area contributed by atoms with E-state index in [0.717, 1.165) is 17.7 Å². The Labute approximate surface area is 136 Å². The number of benzene rings is 3.